The number of hydrogen-bond acceptors (Lipinski definition) is 5. The van der Waals surface area contributed by atoms with E-state index in [2.05, 4.69) is 34.3 Å². The zero-order valence-corrected chi connectivity index (χ0v) is 16.2. The van der Waals surface area contributed by atoms with Crippen LogP contribution in [-0.2, 0) is 15.9 Å². The maximum Gasteiger partial charge on any atom is 0.157 e. The van der Waals surface area contributed by atoms with Gasteiger partial charge in [-0.1, -0.05) is 49.4 Å². The number of aliphatic hydroxyl groups is 1. The summed E-state index contributed by atoms with van der Waals surface area (Å²) in [6.07, 6.45) is 4.17. The third kappa shape index (κ3) is 3.53. The molecule has 28 heavy (non-hydrogen) atoms. The lowest BCUT2D eigenvalue weighted by atomic mass is 9.86. The molecule has 0 unspecified atom stereocenters. The molecule has 0 aliphatic carbocycles. The van der Waals surface area contributed by atoms with Gasteiger partial charge in [0.2, 0.25) is 0 Å². The Morgan fingerprint density at radius 2 is 1.93 bits per heavy atom. The Kier molecular flexibility index (Phi) is 5.15. The van der Waals surface area contributed by atoms with E-state index in [1.165, 1.54) is 11.7 Å². The molecule has 1 aromatic heterocycles. The molecule has 0 amide bonds. The van der Waals surface area contributed by atoms with Gasteiger partial charge < -0.3 is 14.6 Å². The van der Waals surface area contributed by atoms with Crippen molar-refractivity contribution in [2.75, 3.05) is 13.2 Å². The van der Waals surface area contributed by atoms with Crippen molar-refractivity contribution in [3.63, 3.8) is 0 Å². The first kappa shape index (κ1) is 18.7. The molecule has 0 bridgehead atoms. The van der Waals surface area contributed by atoms with Crippen molar-refractivity contribution < 1.29 is 14.6 Å². The van der Waals surface area contributed by atoms with E-state index in [9.17, 15) is 5.11 Å². The highest BCUT2D eigenvalue weighted by molar-refractivity contribution is 5.86. The topological polar surface area (TPSA) is 69.4 Å². The minimum absolute atomic E-state index is 0.214. The van der Waals surface area contributed by atoms with Gasteiger partial charge in [0.15, 0.2) is 6.29 Å². The van der Waals surface area contributed by atoms with Crippen LogP contribution in [0.25, 0.3) is 16.5 Å². The third-order valence-corrected chi connectivity index (χ3v) is 5.29. The van der Waals surface area contributed by atoms with E-state index in [1.807, 2.05) is 32.0 Å². The number of rotatable bonds is 5. The number of aliphatic hydroxyl groups excluding tert-OH is 1. The van der Waals surface area contributed by atoms with Crippen LogP contribution in [0.3, 0.4) is 0 Å². The van der Waals surface area contributed by atoms with E-state index in [4.69, 9.17) is 9.47 Å². The maximum absolute atomic E-state index is 11.3. The lowest BCUT2D eigenvalue weighted by molar-refractivity contribution is -0.222. The average molecular weight is 379 g/mol. The van der Waals surface area contributed by atoms with Crippen LogP contribution in [-0.4, -0.2) is 39.4 Å². The SMILES string of the molecule is CCC1OCC(C)(C(O)=C(Cc2cccc3ccccc23)n2cncn2)CO1. The van der Waals surface area contributed by atoms with Crippen LogP contribution in [0.4, 0.5) is 0 Å². The van der Waals surface area contributed by atoms with E-state index in [0.717, 1.165) is 17.4 Å². The summed E-state index contributed by atoms with van der Waals surface area (Å²) in [4.78, 5) is 4.07. The van der Waals surface area contributed by atoms with Crippen LogP contribution in [0, 0.1) is 5.41 Å². The van der Waals surface area contributed by atoms with Crippen molar-refractivity contribution >= 4 is 16.5 Å². The molecule has 1 aliphatic rings. The summed E-state index contributed by atoms with van der Waals surface area (Å²) in [7, 11) is 0. The molecule has 6 nitrogen and oxygen atoms in total. The van der Waals surface area contributed by atoms with E-state index >= 15 is 0 Å². The van der Waals surface area contributed by atoms with Gasteiger partial charge in [-0.3, -0.25) is 0 Å². The van der Waals surface area contributed by atoms with Crippen molar-refractivity contribution in [3.05, 3.63) is 66.4 Å². The molecular weight excluding hydrogens is 354 g/mol. The predicted molar refractivity (Wildman–Crippen MR) is 108 cm³/mol. The molecule has 1 N–H and O–H groups in total. The van der Waals surface area contributed by atoms with Crippen LogP contribution in [0.2, 0.25) is 0 Å². The van der Waals surface area contributed by atoms with Crippen LogP contribution in [0.1, 0.15) is 25.8 Å². The number of ether oxygens (including phenoxy) is 2. The standard InChI is InChI=1S/C22H25N3O3/c1-3-20-27-12-22(2,13-28-20)21(26)19(25-15-23-14-24-25)11-17-9-6-8-16-7-4-5-10-18(16)17/h4-10,14-15,20,26H,3,11-13H2,1-2H3. The van der Waals surface area contributed by atoms with Crippen molar-refractivity contribution in [3.8, 4) is 0 Å². The molecule has 2 aromatic carbocycles. The van der Waals surface area contributed by atoms with E-state index in [1.54, 1.807) is 11.0 Å². The first-order chi connectivity index (χ1) is 13.6. The molecular formula is C22H25N3O3. The van der Waals surface area contributed by atoms with E-state index < -0.39 is 5.41 Å². The summed E-state index contributed by atoms with van der Waals surface area (Å²) in [5.74, 6) is 0.223. The summed E-state index contributed by atoms with van der Waals surface area (Å²) in [5.41, 5.74) is 1.15. The number of allylic oxidation sites excluding steroid dienone is 1. The fraction of sp³-hybridized carbons (Fsp3) is 0.364. The Labute approximate surface area is 164 Å². The van der Waals surface area contributed by atoms with Crippen LogP contribution >= 0.6 is 0 Å². The average Bonchev–Trinajstić information content (AvgIpc) is 3.27. The first-order valence-electron chi connectivity index (χ1n) is 9.58. The molecule has 4 rings (SSSR count). The fourth-order valence-electron chi connectivity index (χ4n) is 3.61. The Hall–Kier alpha value is -2.70. The molecule has 0 atom stereocenters. The van der Waals surface area contributed by atoms with Gasteiger partial charge in [0.1, 0.15) is 18.4 Å². The summed E-state index contributed by atoms with van der Waals surface area (Å²) < 4.78 is 13.2. The van der Waals surface area contributed by atoms with Crippen molar-refractivity contribution in [2.45, 2.75) is 33.0 Å². The van der Waals surface area contributed by atoms with E-state index in [0.29, 0.717) is 25.3 Å². The molecule has 1 aliphatic heterocycles. The predicted octanol–water partition coefficient (Wildman–Crippen LogP) is 4.19. The molecule has 0 saturated carbocycles. The largest absolute Gasteiger partial charge is 0.510 e. The lowest BCUT2D eigenvalue weighted by Gasteiger charge is -2.37. The molecule has 1 saturated heterocycles. The third-order valence-electron chi connectivity index (χ3n) is 5.29. The summed E-state index contributed by atoms with van der Waals surface area (Å²) in [6.45, 7) is 4.76. The van der Waals surface area contributed by atoms with Crippen molar-refractivity contribution in [1.82, 2.24) is 14.8 Å². The molecule has 2 heterocycles. The minimum atomic E-state index is -0.641. The second kappa shape index (κ2) is 7.73. The number of benzene rings is 2. The van der Waals surface area contributed by atoms with Gasteiger partial charge in [0.05, 0.1) is 24.3 Å². The second-order valence-corrected chi connectivity index (χ2v) is 7.47. The van der Waals surface area contributed by atoms with Crippen LogP contribution in [0.5, 0.6) is 0 Å². The van der Waals surface area contributed by atoms with Gasteiger partial charge in [0.25, 0.3) is 0 Å². The van der Waals surface area contributed by atoms with Gasteiger partial charge >= 0.3 is 0 Å². The summed E-state index contributed by atoms with van der Waals surface area (Å²) in [5, 5.41) is 17.9. The van der Waals surface area contributed by atoms with E-state index in [-0.39, 0.29) is 12.0 Å². The molecule has 6 heteroatoms. The Bertz CT molecular complexity index is 968. The van der Waals surface area contributed by atoms with Gasteiger partial charge in [-0.2, -0.15) is 5.10 Å². The monoisotopic (exact) mass is 379 g/mol. The van der Waals surface area contributed by atoms with Gasteiger partial charge in [-0.25, -0.2) is 9.67 Å². The lowest BCUT2D eigenvalue weighted by Crippen LogP contribution is -2.41. The molecule has 0 spiro atoms. The number of hydrogen-bond donors (Lipinski definition) is 1. The van der Waals surface area contributed by atoms with Crippen molar-refractivity contribution in [1.29, 1.82) is 0 Å². The Morgan fingerprint density at radius 3 is 2.64 bits per heavy atom. The van der Waals surface area contributed by atoms with Crippen LogP contribution in [0.15, 0.2) is 60.9 Å². The number of fused-ring (bicyclic) bond motifs is 1. The highest BCUT2D eigenvalue weighted by Gasteiger charge is 2.38. The highest BCUT2D eigenvalue weighted by atomic mass is 16.7. The zero-order chi connectivity index (χ0) is 19.6. The first-order valence-corrected chi connectivity index (χ1v) is 9.58. The minimum Gasteiger partial charge on any atom is -0.510 e. The molecule has 146 valence electrons. The second-order valence-electron chi connectivity index (χ2n) is 7.47. The molecule has 1 fully saturated rings. The zero-order valence-electron chi connectivity index (χ0n) is 16.2. The van der Waals surface area contributed by atoms with Crippen molar-refractivity contribution in [2.24, 2.45) is 5.41 Å². The van der Waals surface area contributed by atoms with Gasteiger partial charge in [0, 0.05) is 6.42 Å². The fourth-order valence-corrected chi connectivity index (χ4v) is 3.61. The van der Waals surface area contributed by atoms with Crippen LogP contribution < -0.4 is 0 Å². The Balaban J connectivity index is 1.75. The maximum atomic E-state index is 11.3. The summed E-state index contributed by atoms with van der Waals surface area (Å²) >= 11 is 0. The number of aromatic nitrogens is 3. The quantitative estimate of drug-likeness (QED) is 0.673. The smallest absolute Gasteiger partial charge is 0.157 e. The highest BCUT2D eigenvalue weighted by Crippen LogP contribution is 2.35. The summed E-state index contributed by atoms with van der Waals surface area (Å²) in [6, 6.07) is 14.4. The molecule has 0 radical (unpaired) electrons. The molecule has 3 aromatic rings. The Morgan fingerprint density at radius 1 is 1.18 bits per heavy atom. The number of nitrogens with zero attached hydrogens (tertiary/aromatic N) is 3. The van der Waals surface area contributed by atoms with Gasteiger partial charge in [-0.05, 0) is 29.7 Å². The normalized spacial score (nSPS) is 23.6. The van der Waals surface area contributed by atoms with Gasteiger partial charge in [-0.15, -0.1) is 0 Å².